The number of carbonyl (C=O) groups excluding carboxylic acids is 1. The quantitative estimate of drug-likeness (QED) is 0.232. The first kappa shape index (κ1) is 30.0. The highest BCUT2D eigenvalue weighted by Gasteiger charge is 2.37. The van der Waals surface area contributed by atoms with E-state index in [0.29, 0.717) is 34.1 Å². The number of benzene rings is 2. The van der Waals surface area contributed by atoms with Crippen LogP contribution >= 0.6 is 0 Å². The minimum atomic E-state index is -5.01. The van der Waals surface area contributed by atoms with Crippen molar-refractivity contribution in [3.05, 3.63) is 101 Å². The highest BCUT2D eigenvalue weighted by Crippen LogP contribution is 2.37. The number of hydrogen-bond acceptors (Lipinski definition) is 4. The first-order valence-electron chi connectivity index (χ1n) is 12.1. The van der Waals surface area contributed by atoms with Gasteiger partial charge in [-0.1, -0.05) is 24.3 Å². The molecule has 0 aliphatic rings. The molecule has 1 atom stereocenters. The Morgan fingerprint density at radius 2 is 1.59 bits per heavy atom. The van der Waals surface area contributed by atoms with Gasteiger partial charge in [0.15, 0.2) is 5.16 Å². The summed E-state index contributed by atoms with van der Waals surface area (Å²) in [5.41, 5.74) is -0.885. The van der Waals surface area contributed by atoms with Gasteiger partial charge in [0, 0.05) is 39.2 Å². The monoisotopic (exact) mass is 594 g/mol. The van der Waals surface area contributed by atoms with Crippen LogP contribution in [0, 0.1) is 6.92 Å². The van der Waals surface area contributed by atoms with E-state index >= 15 is 0 Å². The van der Waals surface area contributed by atoms with Gasteiger partial charge in [-0.05, 0) is 53.4 Å². The third kappa shape index (κ3) is 6.84. The smallest absolute Gasteiger partial charge is 0.337 e. The van der Waals surface area contributed by atoms with Gasteiger partial charge in [-0.2, -0.15) is 26.3 Å². The number of alkyl halides is 6. The zero-order chi connectivity index (χ0) is 30.1. The number of pyridine rings is 1. The van der Waals surface area contributed by atoms with E-state index in [1.807, 2.05) is 13.0 Å². The molecule has 2 heterocycles. The Morgan fingerprint density at radius 3 is 2.15 bits per heavy atom. The van der Waals surface area contributed by atoms with Gasteiger partial charge in [0.2, 0.25) is 0 Å². The van der Waals surface area contributed by atoms with Gasteiger partial charge in [-0.15, -0.1) is 0 Å². The second-order valence-corrected chi connectivity index (χ2v) is 10.8. The predicted molar refractivity (Wildman–Crippen MR) is 140 cm³/mol. The van der Waals surface area contributed by atoms with Crippen molar-refractivity contribution in [2.24, 2.45) is 7.05 Å². The molecule has 0 bridgehead atoms. The van der Waals surface area contributed by atoms with Crippen LogP contribution in [0.3, 0.4) is 0 Å². The van der Waals surface area contributed by atoms with Gasteiger partial charge in [0.1, 0.15) is 0 Å². The number of amides is 1. The average molecular weight is 595 g/mol. The summed E-state index contributed by atoms with van der Waals surface area (Å²) in [4.78, 5) is 23.0. The minimum Gasteiger partial charge on any atom is -0.337 e. The third-order valence-corrected chi connectivity index (χ3v) is 7.66. The van der Waals surface area contributed by atoms with Crippen molar-refractivity contribution in [1.29, 1.82) is 0 Å². The van der Waals surface area contributed by atoms with Gasteiger partial charge < -0.3 is 9.47 Å². The fourth-order valence-electron chi connectivity index (χ4n) is 4.28. The second-order valence-electron chi connectivity index (χ2n) is 9.42. The highest BCUT2D eigenvalue weighted by molar-refractivity contribution is 7.84. The molecule has 1 amide bonds. The Bertz CT molecular complexity index is 1580. The molecule has 2 aromatic heterocycles. The SMILES string of the molecule is Cc1ccccc1-c1cc(CS(=O)c2nccn2C)ncc1C(=O)N(C)Cc1cc(C(F)(F)F)cc(C(F)(F)F)c1. The van der Waals surface area contributed by atoms with E-state index in [-0.39, 0.29) is 22.9 Å². The van der Waals surface area contributed by atoms with E-state index in [0.717, 1.165) is 10.5 Å². The molecule has 0 aliphatic carbocycles. The molecule has 0 N–H and O–H groups in total. The Hall–Kier alpha value is -4.00. The lowest BCUT2D eigenvalue weighted by atomic mass is 9.96. The summed E-state index contributed by atoms with van der Waals surface area (Å²) in [6.07, 6.45) is -5.58. The number of nitrogens with zero attached hydrogens (tertiary/aromatic N) is 4. The fourth-order valence-corrected chi connectivity index (χ4v) is 5.39. The van der Waals surface area contributed by atoms with Gasteiger partial charge in [0.05, 0.1) is 38.9 Å². The van der Waals surface area contributed by atoms with Crippen molar-refractivity contribution in [3.8, 4) is 11.1 Å². The van der Waals surface area contributed by atoms with Crippen molar-refractivity contribution in [3.63, 3.8) is 0 Å². The van der Waals surface area contributed by atoms with Crippen LogP contribution in [0.4, 0.5) is 26.3 Å². The summed E-state index contributed by atoms with van der Waals surface area (Å²) < 4.78 is 94.5. The molecule has 0 radical (unpaired) electrons. The Morgan fingerprint density at radius 1 is 0.951 bits per heavy atom. The van der Waals surface area contributed by atoms with E-state index in [2.05, 4.69) is 9.97 Å². The lowest BCUT2D eigenvalue weighted by molar-refractivity contribution is -0.143. The molecule has 13 heteroatoms. The number of aromatic nitrogens is 3. The highest BCUT2D eigenvalue weighted by atomic mass is 32.2. The van der Waals surface area contributed by atoms with E-state index in [4.69, 9.17) is 0 Å². The average Bonchev–Trinajstić information content (AvgIpc) is 3.33. The molecular weight excluding hydrogens is 570 g/mol. The topological polar surface area (TPSA) is 68.1 Å². The largest absolute Gasteiger partial charge is 0.416 e. The first-order valence-corrected chi connectivity index (χ1v) is 13.4. The normalized spacial score (nSPS) is 12.8. The van der Waals surface area contributed by atoms with Crippen LogP contribution in [-0.4, -0.2) is 36.6 Å². The van der Waals surface area contributed by atoms with E-state index < -0.39 is 46.7 Å². The van der Waals surface area contributed by atoms with Crippen LogP contribution in [0.5, 0.6) is 0 Å². The molecule has 6 nitrogen and oxygen atoms in total. The molecule has 0 saturated carbocycles. The maximum absolute atomic E-state index is 13.6. The maximum atomic E-state index is 13.6. The van der Waals surface area contributed by atoms with Crippen molar-refractivity contribution in [2.45, 2.75) is 36.7 Å². The molecule has 41 heavy (non-hydrogen) atoms. The molecule has 2 aromatic carbocycles. The van der Waals surface area contributed by atoms with E-state index in [1.54, 1.807) is 42.1 Å². The lowest BCUT2D eigenvalue weighted by Gasteiger charge is -2.21. The van der Waals surface area contributed by atoms with Crippen LogP contribution in [0.2, 0.25) is 0 Å². The second kappa shape index (κ2) is 11.5. The van der Waals surface area contributed by atoms with Gasteiger partial charge in [0.25, 0.3) is 5.91 Å². The van der Waals surface area contributed by atoms with Crippen LogP contribution < -0.4 is 0 Å². The molecule has 0 spiro atoms. The summed E-state index contributed by atoms with van der Waals surface area (Å²) in [5.74, 6) is -0.670. The van der Waals surface area contributed by atoms with E-state index in [1.165, 1.54) is 19.4 Å². The Balaban J connectivity index is 1.70. The zero-order valence-electron chi connectivity index (χ0n) is 22.0. The zero-order valence-corrected chi connectivity index (χ0v) is 22.9. The van der Waals surface area contributed by atoms with Crippen molar-refractivity contribution < 1.29 is 35.3 Å². The van der Waals surface area contributed by atoms with Crippen molar-refractivity contribution >= 4 is 16.7 Å². The van der Waals surface area contributed by atoms with Crippen LogP contribution in [0.15, 0.2) is 72.3 Å². The van der Waals surface area contributed by atoms with Crippen LogP contribution in [-0.2, 0) is 42.5 Å². The number of aryl methyl sites for hydroxylation is 2. The van der Waals surface area contributed by atoms with Crippen molar-refractivity contribution in [2.75, 3.05) is 7.05 Å². The molecule has 4 aromatic rings. The van der Waals surface area contributed by atoms with Crippen LogP contribution in [0.25, 0.3) is 11.1 Å². The number of rotatable bonds is 7. The standard InChI is InChI=1S/C28H24F6N4O2S/c1-17-6-4-5-7-22(17)23-13-21(16-41(40)26-35-8-9-37(26)2)36-14-24(23)25(39)38(3)15-18-10-19(27(29,30)31)12-20(11-18)28(32,33)34/h4-14H,15-16H2,1-3H3. The number of carbonyl (C=O) groups is 1. The number of hydrogen-bond donors (Lipinski definition) is 0. The number of halogens is 6. The summed E-state index contributed by atoms with van der Waals surface area (Å²) >= 11 is 0. The molecular formula is C28H24F6N4O2S. The summed E-state index contributed by atoms with van der Waals surface area (Å²) in [5, 5.41) is 0.337. The van der Waals surface area contributed by atoms with Gasteiger partial charge in [-0.25, -0.2) is 4.98 Å². The molecule has 0 aliphatic heterocycles. The Kier molecular flexibility index (Phi) is 8.39. The van der Waals surface area contributed by atoms with E-state index in [9.17, 15) is 35.3 Å². The van der Waals surface area contributed by atoms with Crippen LogP contribution in [0.1, 0.15) is 38.3 Å². The molecule has 0 saturated heterocycles. The van der Waals surface area contributed by atoms with Gasteiger partial charge >= 0.3 is 12.4 Å². The summed E-state index contributed by atoms with van der Waals surface area (Å²) in [7, 11) is 1.43. The first-order chi connectivity index (χ1) is 19.1. The molecule has 1 unspecified atom stereocenters. The molecule has 4 rings (SSSR count). The Labute approximate surface area is 234 Å². The molecule has 0 fully saturated rings. The fraction of sp³-hybridized carbons (Fsp3) is 0.250. The van der Waals surface area contributed by atoms with Gasteiger partial charge in [-0.3, -0.25) is 14.0 Å². The predicted octanol–water partition coefficient (Wildman–Crippen LogP) is 6.41. The summed E-state index contributed by atoms with van der Waals surface area (Å²) in [6.45, 7) is 1.30. The minimum absolute atomic E-state index is 0.00149. The lowest BCUT2D eigenvalue weighted by Crippen LogP contribution is -2.27. The summed E-state index contributed by atoms with van der Waals surface area (Å²) in [6, 6.07) is 9.98. The van der Waals surface area contributed by atoms with Crippen molar-refractivity contribution in [1.82, 2.24) is 19.4 Å². The maximum Gasteiger partial charge on any atom is 0.416 e. The number of imidazole rings is 1. The third-order valence-electron chi connectivity index (χ3n) is 6.30. The molecule has 216 valence electrons.